The first-order valence-corrected chi connectivity index (χ1v) is 8.94. The number of piperidine rings is 1. The minimum atomic E-state index is 0.203. The Balaban J connectivity index is 1.50. The molecule has 4 nitrogen and oxygen atoms in total. The van der Waals surface area contributed by atoms with Gasteiger partial charge in [0.15, 0.2) is 0 Å². The molecule has 0 spiro atoms. The van der Waals surface area contributed by atoms with Crippen LogP contribution < -0.4 is 5.32 Å². The standard InChI is InChI=1S/C21H22N3O/c1-2-15-8-10-16(11-9-15)18-12-19(14-22-13-18)21-23-20(24-25-21)17-6-4-3-5-7-17/h3-11,18-19H,2,12-14H2,1H3. The molecule has 0 aliphatic carbocycles. The third kappa shape index (κ3) is 3.49. The van der Waals surface area contributed by atoms with Crippen molar-refractivity contribution in [3.05, 3.63) is 71.6 Å². The zero-order valence-electron chi connectivity index (χ0n) is 14.4. The first-order valence-electron chi connectivity index (χ1n) is 8.94. The fourth-order valence-electron chi connectivity index (χ4n) is 3.43. The second kappa shape index (κ2) is 7.19. The molecule has 2 atom stereocenters. The van der Waals surface area contributed by atoms with Gasteiger partial charge in [-0.2, -0.15) is 4.98 Å². The molecule has 1 aromatic heterocycles. The highest BCUT2D eigenvalue weighted by molar-refractivity contribution is 5.53. The molecule has 1 radical (unpaired) electrons. The summed E-state index contributed by atoms with van der Waals surface area (Å²) in [5, 5.41) is 8.84. The Labute approximate surface area is 148 Å². The van der Waals surface area contributed by atoms with Gasteiger partial charge in [-0.3, -0.25) is 0 Å². The highest BCUT2D eigenvalue weighted by Crippen LogP contribution is 2.33. The summed E-state index contributed by atoms with van der Waals surface area (Å²) in [5.41, 5.74) is 3.71. The van der Waals surface area contributed by atoms with E-state index in [0.717, 1.165) is 31.5 Å². The Morgan fingerprint density at radius 1 is 0.960 bits per heavy atom. The first kappa shape index (κ1) is 16.0. The average molecular weight is 332 g/mol. The van der Waals surface area contributed by atoms with E-state index < -0.39 is 0 Å². The van der Waals surface area contributed by atoms with Crippen LogP contribution in [0.15, 0.2) is 59.1 Å². The lowest BCUT2D eigenvalue weighted by Gasteiger charge is -2.27. The molecule has 0 saturated carbocycles. The maximum atomic E-state index is 5.56. The van der Waals surface area contributed by atoms with Crippen LogP contribution in [0, 0.1) is 0 Å². The fourth-order valence-corrected chi connectivity index (χ4v) is 3.43. The van der Waals surface area contributed by atoms with E-state index in [1.807, 2.05) is 30.3 Å². The third-order valence-corrected chi connectivity index (χ3v) is 4.95. The van der Waals surface area contributed by atoms with Crippen molar-refractivity contribution in [3.8, 4) is 11.4 Å². The zero-order chi connectivity index (χ0) is 17.1. The predicted molar refractivity (Wildman–Crippen MR) is 97.5 cm³/mol. The molecule has 4 rings (SSSR count). The molecule has 2 unspecified atom stereocenters. The van der Waals surface area contributed by atoms with E-state index in [9.17, 15) is 0 Å². The molecule has 2 heterocycles. The second-order valence-electron chi connectivity index (χ2n) is 6.64. The van der Waals surface area contributed by atoms with Gasteiger partial charge in [-0.25, -0.2) is 5.32 Å². The Bertz CT molecular complexity index is 811. The van der Waals surface area contributed by atoms with Crippen molar-refractivity contribution in [2.75, 3.05) is 13.1 Å². The van der Waals surface area contributed by atoms with E-state index in [0.29, 0.717) is 17.6 Å². The van der Waals surface area contributed by atoms with Crippen molar-refractivity contribution in [2.24, 2.45) is 0 Å². The Kier molecular flexibility index (Phi) is 4.61. The molecule has 1 saturated heterocycles. The van der Waals surface area contributed by atoms with Crippen LogP contribution in [0.4, 0.5) is 0 Å². The number of nitrogens with zero attached hydrogens (tertiary/aromatic N) is 3. The molecular formula is C21H22N3O. The molecule has 25 heavy (non-hydrogen) atoms. The molecule has 2 aromatic carbocycles. The van der Waals surface area contributed by atoms with Gasteiger partial charge in [-0.15, -0.1) is 0 Å². The molecule has 0 amide bonds. The van der Waals surface area contributed by atoms with E-state index in [1.54, 1.807) is 0 Å². The number of rotatable bonds is 4. The van der Waals surface area contributed by atoms with Crippen molar-refractivity contribution in [3.63, 3.8) is 0 Å². The van der Waals surface area contributed by atoms with Crippen molar-refractivity contribution in [1.82, 2.24) is 15.5 Å². The number of hydrogen-bond donors (Lipinski definition) is 0. The van der Waals surface area contributed by atoms with Gasteiger partial charge in [0.05, 0.1) is 5.92 Å². The van der Waals surface area contributed by atoms with E-state index in [-0.39, 0.29) is 5.92 Å². The summed E-state index contributed by atoms with van der Waals surface area (Å²) < 4.78 is 5.56. The highest BCUT2D eigenvalue weighted by Gasteiger charge is 2.29. The van der Waals surface area contributed by atoms with Gasteiger partial charge >= 0.3 is 0 Å². The number of aryl methyl sites for hydroxylation is 1. The van der Waals surface area contributed by atoms with E-state index in [4.69, 9.17) is 4.52 Å². The van der Waals surface area contributed by atoms with Gasteiger partial charge in [0.25, 0.3) is 0 Å². The lowest BCUT2D eigenvalue weighted by molar-refractivity contribution is 0.306. The van der Waals surface area contributed by atoms with Crippen LogP contribution >= 0.6 is 0 Å². The Morgan fingerprint density at radius 2 is 1.72 bits per heavy atom. The van der Waals surface area contributed by atoms with E-state index in [2.05, 4.69) is 46.6 Å². The molecule has 0 N–H and O–H groups in total. The maximum absolute atomic E-state index is 5.56. The van der Waals surface area contributed by atoms with Gasteiger partial charge in [0.1, 0.15) is 0 Å². The summed E-state index contributed by atoms with van der Waals surface area (Å²) in [6.07, 6.45) is 2.08. The van der Waals surface area contributed by atoms with Crippen LogP contribution in [-0.2, 0) is 6.42 Å². The van der Waals surface area contributed by atoms with Gasteiger partial charge in [-0.1, -0.05) is 66.7 Å². The largest absolute Gasteiger partial charge is 0.339 e. The molecule has 3 aromatic rings. The molecule has 4 heteroatoms. The second-order valence-corrected chi connectivity index (χ2v) is 6.64. The smallest absolute Gasteiger partial charge is 0.231 e. The van der Waals surface area contributed by atoms with Crippen LogP contribution in [0.25, 0.3) is 11.4 Å². The SMILES string of the molecule is CCc1ccc(C2C[N]CC(c3nc(-c4ccccc4)no3)C2)cc1. The summed E-state index contributed by atoms with van der Waals surface area (Å²) in [7, 11) is 0. The van der Waals surface area contributed by atoms with Gasteiger partial charge in [-0.05, 0) is 29.9 Å². The third-order valence-electron chi connectivity index (χ3n) is 4.95. The van der Waals surface area contributed by atoms with Crippen LogP contribution in [-0.4, -0.2) is 23.2 Å². The van der Waals surface area contributed by atoms with Crippen LogP contribution in [0.3, 0.4) is 0 Å². The van der Waals surface area contributed by atoms with Crippen molar-refractivity contribution in [2.45, 2.75) is 31.6 Å². The molecular weight excluding hydrogens is 310 g/mol. The average Bonchev–Trinajstić information content (AvgIpc) is 3.19. The minimum absolute atomic E-state index is 0.203. The maximum Gasteiger partial charge on any atom is 0.231 e. The Morgan fingerprint density at radius 3 is 2.48 bits per heavy atom. The zero-order valence-corrected chi connectivity index (χ0v) is 14.4. The van der Waals surface area contributed by atoms with E-state index >= 15 is 0 Å². The van der Waals surface area contributed by atoms with Crippen LogP contribution in [0.1, 0.15) is 42.2 Å². The first-order chi connectivity index (χ1) is 12.3. The normalized spacial score (nSPS) is 20.5. The number of aromatic nitrogens is 2. The summed E-state index contributed by atoms with van der Waals surface area (Å²) in [6, 6.07) is 18.9. The molecule has 1 aliphatic rings. The summed E-state index contributed by atoms with van der Waals surface area (Å²) >= 11 is 0. The topological polar surface area (TPSA) is 53.0 Å². The van der Waals surface area contributed by atoms with Crippen molar-refractivity contribution in [1.29, 1.82) is 0 Å². The lowest BCUT2D eigenvalue weighted by atomic mass is 9.85. The van der Waals surface area contributed by atoms with E-state index in [1.165, 1.54) is 11.1 Å². The lowest BCUT2D eigenvalue weighted by Crippen LogP contribution is -2.29. The molecule has 0 bridgehead atoms. The summed E-state index contributed by atoms with van der Waals surface area (Å²) in [4.78, 5) is 4.62. The van der Waals surface area contributed by atoms with Crippen LogP contribution in [0.2, 0.25) is 0 Å². The molecule has 1 aliphatic heterocycles. The monoisotopic (exact) mass is 332 g/mol. The summed E-state index contributed by atoms with van der Waals surface area (Å²) in [6.45, 7) is 3.82. The Hall–Kier alpha value is -2.46. The molecule has 1 fully saturated rings. The number of hydrogen-bond acceptors (Lipinski definition) is 3. The van der Waals surface area contributed by atoms with Crippen LogP contribution in [0.5, 0.6) is 0 Å². The molecule has 127 valence electrons. The van der Waals surface area contributed by atoms with Crippen molar-refractivity contribution >= 4 is 0 Å². The summed E-state index contributed by atoms with van der Waals surface area (Å²) in [5.74, 6) is 1.99. The highest BCUT2D eigenvalue weighted by atomic mass is 16.5. The fraction of sp³-hybridized carbons (Fsp3) is 0.333. The van der Waals surface area contributed by atoms with Gasteiger partial charge in [0.2, 0.25) is 11.7 Å². The van der Waals surface area contributed by atoms with Gasteiger partial charge in [0, 0.05) is 18.7 Å². The number of benzene rings is 2. The van der Waals surface area contributed by atoms with Gasteiger partial charge < -0.3 is 4.52 Å². The minimum Gasteiger partial charge on any atom is -0.339 e. The quantitative estimate of drug-likeness (QED) is 0.720. The predicted octanol–water partition coefficient (Wildman–Crippen LogP) is 4.17. The van der Waals surface area contributed by atoms with Crippen molar-refractivity contribution < 1.29 is 4.52 Å².